The normalized spacial score (nSPS) is 15.5. The molecule has 1 fully saturated rings. The zero-order valence-electron chi connectivity index (χ0n) is 11.6. The maximum Gasteiger partial charge on any atom is 0.162 e. The molecule has 0 aliphatic heterocycles. The second kappa shape index (κ2) is 5.54. The molecule has 20 heavy (non-hydrogen) atoms. The molecule has 2 heterocycles. The van der Waals surface area contributed by atoms with E-state index in [0.29, 0.717) is 11.7 Å². The van der Waals surface area contributed by atoms with E-state index in [2.05, 4.69) is 15.4 Å². The van der Waals surface area contributed by atoms with Crippen LogP contribution in [0.2, 0.25) is 0 Å². The molecule has 5 nitrogen and oxygen atoms in total. The molecule has 1 aliphatic carbocycles. The van der Waals surface area contributed by atoms with Crippen LogP contribution in [0.15, 0.2) is 24.5 Å². The van der Waals surface area contributed by atoms with Gasteiger partial charge in [0.15, 0.2) is 5.82 Å². The quantitative estimate of drug-likeness (QED) is 0.662. The van der Waals surface area contributed by atoms with Gasteiger partial charge in [0.1, 0.15) is 5.82 Å². The molecule has 0 atom stereocenters. The number of aryl methyl sites for hydroxylation is 1. The summed E-state index contributed by atoms with van der Waals surface area (Å²) < 4.78 is 0. The van der Waals surface area contributed by atoms with E-state index >= 15 is 0 Å². The van der Waals surface area contributed by atoms with Crippen molar-refractivity contribution < 1.29 is 0 Å². The summed E-state index contributed by atoms with van der Waals surface area (Å²) in [5.41, 5.74) is 5.83. The van der Waals surface area contributed by atoms with Gasteiger partial charge in [0.2, 0.25) is 0 Å². The molecule has 0 spiro atoms. The molecule has 1 saturated carbocycles. The van der Waals surface area contributed by atoms with E-state index in [0.717, 1.165) is 22.6 Å². The fourth-order valence-electron chi connectivity index (χ4n) is 2.82. The van der Waals surface area contributed by atoms with E-state index in [9.17, 15) is 0 Å². The summed E-state index contributed by atoms with van der Waals surface area (Å²) in [5.74, 6) is 7.48. The number of aromatic nitrogens is 3. The van der Waals surface area contributed by atoms with Crippen LogP contribution in [0.25, 0.3) is 11.4 Å². The van der Waals surface area contributed by atoms with Crippen LogP contribution in [0, 0.1) is 6.92 Å². The van der Waals surface area contributed by atoms with Crippen LogP contribution in [0.1, 0.15) is 42.9 Å². The van der Waals surface area contributed by atoms with E-state index in [-0.39, 0.29) is 0 Å². The molecule has 2 aromatic heterocycles. The van der Waals surface area contributed by atoms with Gasteiger partial charge in [-0.05, 0) is 31.4 Å². The van der Waals surface area contributed by atoms with Crippen LogP contribution in [0.3, 0.4) is 0 Å². The molecule has 5 heteroatoms. The SMILES string of the molecule is Cc1cnccc1-c1nc(NN)cc(C2CCCC2)n1. The topological polar surface area (TPSA) is 76.7 Å². The van der Waals surface area contributed by atoms with Crippen molar-refractivity contribution in [3.8, 4) is 11.4 Å². The predicted molar refractivity (Wildman–Crippen MR) is 79.0 cm³/mol. The van der Waals surface area contributed by atoms with Crippen molar-refractivity contribution in [1.29, 1.82) is 0 Å². The lowest BCUT2D eigenvalue weighted by atomic mass is 10.0. The Balaban J connectivity index is 2.06. The zero-order valence-corrected chi connectivity index (χ0v) is 11.6. The van der Waals surface area contributed by atoms with E-state index in [1.165, 1.54) is 25.7 Å². The van der Waals surface area contributed by atoms with Crippen molar-refractivity contribution in [2.24, 2.45) is 5.84 Å². The summed E-state index contributed by atoms with van der Waals surface area (Å²) in [6.45, 7) is 2.02. The molecule has 1 aliphatic rings. The third-order valence-corrected chi connectivity index (χ3v) is 3.93. The van der Waals surface area contributed by atoms with Gasteiger partial charge >= 0.3 is 0 Å². The Labute approximate surface area is 118 Å². The Morgan fingerprint density at radius 3 is 2.75 bits per heavy atom. The van der Waals surface area contributed by atoms with Crippen molar-refractivity contribution in [3.63, 3.8) is 0 Å². The molecule has 0 saturated heterocycles. The minimum absolute atomic E-state index is 0.533. The number of nitrogens with two attached hydrogens (primary N) is 1. The van der Waals surface area contributed by atoms with Crippen LogP contribution < -0.4 is 11.3 Å². The van der Waals surface area contributed by atoms with Crippen LogP contribution in [0.4, 0.5) is 5.82 Å². The monoisotopic (exact) mass is 269 g/mol. The maximum absolute atomic E-state index is 5.55. The first-order chi connectivity index (χ1) is 9.78. The minimum Gasteiger partial charge on any atom is -0.308 e. The number of hydrazine groups is 1. The summed E-state index contributed by atoms with van der Waals surface area (Å²) in [6, 6.07) is 3.92. The fourth-order valence-corrected chi connectivity index (χ4v) is 2.82. The van der Waals surface area contributed by atoms with Crippen molar-refractivity contribution in [3.05, 3.63) is 35.8 Å². The minimum atomic E-state index is 0.533. The molecule has 2 aromatic rings. The summed E-state index contributed by atoms with van der Waals surface area (Å²) in [7, 11) is 0. The molecule has 104 valence electrons. The first-order valence-corrected chi connectivity index (χ1v) is 7.04. The molecule has 0 radical (unpaired) electrons. The van der Waals surface area contributed by atoms with Gasteiger partial charge in [0.05, 0.1) is 0 Å². The lowest BCUT2D eigenvalue weighted by molar-refractivity contribution is 0.695. The number of hydrogen-bond acceptors (Lipinski definition) is 5. The summed E-state index contributed by atoms with van der Waals surface area (Å²) in [4.78, 5) is 13.4. The Bertz CT molecular complexity index is 605. The molecule has 3 rings (SSSR count). The highest BCUT2D eigenvalue weighted by Crippen LogP contribution is 2.34. The predicted octanol–water partition coefficient (Wildman–Crippen LogP) is 2.79. The van der Waals surface area contributed by atoms with Crippen molar-refractivity contribution in [1.82, 2.24) is 15.0 Å². The number of nitrogens with zero attached hydrogens (tertiary/aromatic N) is 3. The molecule has 0 aromatic carbocycles. The van der Waals surface area contributed by atoms with Crippen molar-refractivity contribution in [2.45, 2.75) is 38.5 Å². The number of nitrogen functional groups attached to an aromatic ring is 1. The Kier molecular flexibility index (Phi) is 3.60. The smallest absolute Gasteiger partial charge is 0.162 e. The largest absolute Gasteiger partial charge is 0.308 e. The van der Waals surface area contributed by atoms with Crippen molar-refractivity contribution >= 4 is 5.82 Å². The van der Waals surface area contributed by atoms with Crippen LogP contribution in [-0.2, 0) is 0 Å². The van der Waals surface area contributed by atoms with E-state index in [4.69, 9.17) is 10.8 Å². The van der Waals surface area contributed by atoms with E-state index < -0.39 is 0 Å². The van der Waals surface area contributed by atoms with Gasteiger partial charge in [-0.1, -0.05) is 12.8 Å². The average Bonchev–Trinajstić information content (AvgIpc) is 3.01. The maximum atomic E-state index is 5.55. The first-order valence-electron chi connectivity index (χ1n) is 7.04. The number of rotatable bonds is 3. The number of nitrogens with one attached hydrogen (secondary N) is 1. The summed E-state index contributed by atoms with van der Waals surface area (Å²) >= 11 is 0. The Morgan fingerprint density at radius 2 is 2.05 bits per heavy atom. The van der Waals surface area contributed by atoms with Crippen LogP contribution in [-0.4, -0.2) is 15.0 Å². The second-order valence-corrected chi connectivity index (χ2v) is 5.32. The number of anilines is 1. The molecule has 0 unspecified atom stereocenters. The lowest BCUT2D eigenvalue weighted by Crippen LogP contribution is -2.11. The van der Waals surface area contributed by atoms with Gasteiger partial charge in [0, 0.05) is 35.6 Å². The lowest BCUT2D eigenvalue weighted by Gasteiger charge is -2.13. The third kappa shape index (κ3) is 2.49. The fraction of sp³-hybridized carbons (Fsp3) is 0.400. The van der Waals surface area contributed by atoms with Gasteiger partial charge in [-0.2, -0.15) is 0 Å². The van der Waals surface area contributed by atoms with Gasteiger partial charge in [0.25, 0.3) is 0 Å². The number of hydrogen-bond donors (Lipinski definition) is 2. The zero-order chi connectivity index (χ0) is 13.9. The summed E-state index contributed by atoms with van der Waals surface area (Å²) in [6.07, 6.45) is 8.57. The van der Waals surface area contributed by atoms with Crippen LogP contribution >= 0.6 is 0 Å². The van der Waals surface area contributed by atoms with Gasteiger partial charge in [-0.3, -0.25) is 4.98 Å². The third-order valence-electron chi connectivity index (χ3n) is 3.93. The molecular formula is C15H19N5. The summed E-state index contributed by atoms with van der Waals surface area (Å²) in [5, 5.41) is 0. The molecular weight excluding hydrogens is 250 g/mol. The van der Waals surface area contributed by atoms with Crippen LogP contribution in [0.5, 0.6) is 0 Å². The molecule has 0 amide bonds. The number of pyridine rings is 1. The van der Waals surface area contributed by atoms with E-state index in [1.54, 1.807) is 6.20 Å². The van der Waals surface area contributed by atoms with Gasteiger partial charge in [-0.15, -0.1) is 0 Å². The van der Waals surface area contributed by atoms with E-state index in [1.807, 2.05) is 25.3 Å². The standard InChI is InChI=1S/C15H19N5/c1-10-9-17-7-6-12(10)15-18-13(8-14(19-15)20-16)11-4-2-3-5-11/h6-9,11H,2-5,16H2,1H3,(H,18,19,20). The van der Waals surface area contributed by atoms with Gasteiger partial charge in [-0.25, -0.2) is 15.8 Å². The first kappa shape index (κ1) is 13.0. The molecule has 0 bridgehead atoms. The second-order valence-electron chi connectivity index (χ2n) is 5.32. The van der Waals surface area contributed by atoms with Crippen molar-refractivity contribution in [2.75, 3.05) is 5.43 Å². The Hall–Kier alpha value is -2.01. The highest BCUT2D eigenvalue weighted by atomic mass is 15.3. The highest BCUT2D eigenvalue weighted by molar-refractivity contribution is 5.61. The average molecular weight is 269 g/mol. The van der Waals surface area contributed by atoms with Gasteiger partial charge < -0.3 is 5.43 Å². The highest BCUT2D eigenvalue weighted by Gasteiger charge is 2.20. The molecule has 3 N–H and O–H groups in total. The Morgan fingerprint density at radius 1 is 1.25 bits per heavy atom.